The second-order valence-electron chi connectivity index (χ2n) is 5.35. The first-order valence-corrected chi connectivity index (χ1v) is 7.60. The van der Waals surface area contributed by atoms with Gasteiger partial charge in [-0.25, -0.2) is 4.68 Å². The fraction of sp³-hybridized carbons (Fsp3) is 0.294. The summed E-state index contributed by atoms with van der Waals surface area (Å²) in [6.07, 6.45) is 3.06. The monoisotopic (exact) mass is 296 g/mol. The van der Waals surface area contributed by atoms with E-state index in [1.165, 1.54) is 0 Å². The van der Waals surface area contributed by atoms with Crippen LogP contribution in [0.4, 0.5) is 0 Å². The van der Waals surface area contributed by atoms with Crippen LogP contribution in [0.3, 0.4) is 0 Å². The molecule has 0 saturated carbocycles. The summed E-state index contributed by atoms with van der Waals surface area (Å²) in [5.74, 6) is 0.272. The van der Waals surface area contributed by atoms with Crippen LogP contribution in [0.25, 0.3) is 16.5 Å². The fourth-order valence-corrected chi connectivity index (χ4v) is 2.74. The molecule has 0 fully saturated rings. The number of nitrogens with zero attached hydrogens (tertiary/aromatic N) is 3. The van der Waals surface area contributed by atoms with Crippen molar-refractivity contribution in [2.75, 3.05) is 0 Å². The molecule has 0 amide bonds. The summed E-state index contributed by atoms with van der Waals surface area (Å²) in [4.78, 5) is 0. The molecule has 0 atom stereocenters. The van der Waals surface area contributed by atoms with E-state index in [2.05, 4.69) is 17.2 Å². The third-order valence-electron chi connectivity index (χ3n) is 3.91. The minimum absolute atomic E-state index is 0.272. The van der Waals surface area contributed by atoms with Crippen LogP contribution >= 0.6 is 0 Å². The van der Waals surface area contributed by atoms with E-state index in [1.807, 2.05) is 35.0 Å². The zero-order chi connectivity index (χ0) is 15.5. The molecule has 2 aromatic carbocycles. The van der Waals surface area contributed by atoms with Gasteiger partial charge >= 0.3 is 0 Å². The summed E-state index contributed by atoms with van der Waals surface area (Å²) in [6, 6.07) is 11.3. The highest BCUT2D eigenvalue weighted by Crippen LogP contribution is 2.29. The second-order valence-corrected chi connectivity index (χ2v) is 5.35. The predicted molar refractivity (Wildman–Crippen MR) is 87.0 cm³/mol. The number of aromatic nitrogens is 3. The number of unbranched alkanes of at least 4 members (excludes halogenated alkanes) is 1. The van der Waals surface area contributed by atoms with Gasteiger partial charge in [0, 0.05) is 17.3 Å². The van der Waals surface area contributed by atoms with Crippen molar-refractivity contribution < 1.29 is 5.11 Å². The Morgan fingerprint density at radius 1 is 1.14 bits per heavy atom. The van der Waals surface area contributed by atoms with Crippen LogP contribution in [-0.2, 0) is 13.0 Å². The van der Waals surface area contributed by atoms with E-state index in [1.54, 1.807) is 6.07 Å². The molecule has 3 rings (SSSR count). The van der Waals surface area contributed by atoms with Crippen molar-refractivity contribution in [1.29, 1.82) is 0 Å². The molecule has 0 unspecified atom stereocenters. The average Bonchev–Trinajstić information content (AvgIpc) is 2.95. The van der Waals surface area contributed by atoms with Crippen molar-refractivity contribution in [2.45, 2.75) is 32.7 Å². The molecule has 0 aliphatic heterocycles. The molecule has 22 heavy (non-hydrogen) atoms. The van der Waals surface area contributed by atoms with Gasteiger partial charge in [-0.05, 0) is 25.0 Å². The number of hydrogen-bond acceptors (Lipinski definition) is 4. The van der Waals surface area contributed by atoms with Gasteiger partial charge in [0.25, 0.3) is 0 Å². The molecular formula is C17H20N4O. The largest absolute Gasteiger partial charge is 0.507 e. The Morgan fingerprint density at radius 3 is 2.68 bits per heavy atom. The van der Waals surface area contributed by atoms with E-state index < -0.39 is 0 Å². The van der Waals surface area contributed by atoms with E-state index in [9.17, 15) is 5.11 Å². The van der Waals surface area contributed by atoms with Gasteiger partial charge < -0.3 is 10.8 Å². The topological polar surface area (TPSA) is 77.0 Å². The highest BCUT2D eigenvalue weighted by molar-refractivity contribution is 5.94. The van der Waals surface area contributed by atoms with E-state index >= 15 is 0 Å². The number of fused-ring (bicyclic) bond motifs is 1. The van der Waals surface area contributed by atoms with Crippen LogP contribution < -0.4 is 5.73 Å². The average molecular weight is 296 g/mol. The van der Waals surface area contributed by atoms with Gasteiger partial charge in [-0.3, -0.25) is 0 Å². The van der Waals surface area contributed by atoms with Crippen LogP contribution in [0, 0.1) is 0 Å². The van der Waals surface area contributed by atoms with Gasteiger partial charge in [0.15, 0.2) is 0 Å². The Bertz CT molecular complexity index is 794. The highest BCUT2D eigenvalue weighted by Gasteiger charge is 2.15. The molecule has 0 saturated heterocycles. The first kappa shape index (κ1) is 14.5. The molecule has 0 aliphatic rings. The first-order chi connectivity index (χ1) is 10.8. The van der Waals surface area contributed by atoms with Crippen molar-refractivity contribution in [3.63, 3.8) is 0 Å². The Kier molecular flexibility index (Phi) is 4.06. The lowest BCUT2D eigenvalue weighted by molar-refractivity contribution is 0.481. The third kappa shape index (κ3) is 2.44. The molecule has 1 aromatic heterocycles. The molecule has 0 spiro atoms. The summed E-state index contributed by atoms with van der Waals surface area (Å²) in [5.41, 5.74) is 8.61. The number of aromatic hydroxyl groups is 1. The number of benzene rings is 2. The maximum atomic E-state index is 10.0. The van der Waals surface area contributed by atoms with E-state index in [0.717, 1.165) is 47.1 Å². The van der Waals surface area contributed by atoms with Crippen LogP contribution in [0.1, 0.15) is 31.2 Å². The summed E-state index contributed by atoms with van der Waals surface area (Å²) < 4.78 is 1.86. The van der Waals surface area contributed by atoms with Gasteiger partial charge in [-0.1, -0.05) is 42.8 Å². The molecule has 3 aromatic rings. The first-order valence-electron chi connectivity index (χ1n) is 7.60. The van der Waals surface area contributed by atoms with Gasteiger partial charge in [-0.2, -0.15) is 0 Å². The standard InChI is InChI=1S/C17H20N4O/c1-2-3-8-16-14(11-18)19-20-21(16)15-9-4-7-13-12(15)6-5-10-17(13)22/h4-7,9-10,22H,2-3,8,11,18H2,1H3. The summed E-state index contributed by atoms with van der Waals surface area (Å²) in [5, 5.41) is 20.3. The Morgan fingerprint density at radius 2 is 1.91 bits per heavy atom. The molecule has 0 radical (unpaired) electrons. The predicted octanol–water partition coefficient (Wildman–Crippen LogP) is 2.93. The lowest BCUT2D eigenvalue weighted by Crippen LogP contribution is -2.06. The zero-order valence-electron chi connectivity index (χ0n) is 12.7. The third-order valence-corrected chi connectivity index (χ3v) is 3.91. The molecule has 1 heterocycles. The van der Waals surface area contributed by atoms with Crippen molar-refractivity contribution in [1.82, 2.24) is 15.0 Å². The van der Waals surface area contributed by atoms with Crippen LogP contribution in [0.15, 0.2) is 36.4 Å². The lowest BCUT2D eigenvalue weighted by atomic mass is 10.1. The molecular weight excluding hydrogens is 276 g/mol. The van der Waals surface area contributed by atoms with Crippen LogP contribution in [0.5, 0.6) is 5.75 Å². The number of phenols is 1. The smallest absolute Gasteiger partial charge is 0.123 e. The Balaban J connectivity index is 2.19. The Labute approximate surface area is 129 Å². The SMILES string of the molecule is CCCCc1c(CN)nnn1-c1cccc2c(O)cccc12. The van der Waals surface area contributed by atoms with Crippen molar-refractivity contribution in [3.05, 3.63) is 47.8 Å². The van der Waals surface area contributed by atoms with Crippen molar-refractivity contribution in [3.8, 4) is 11.4 Å². The fourth-order valence-electron chi connectivity index (χ4n) is 2.74. The second kappa shape index (κ2) is 6.15. The van der Waals surface area contributed by atoms with Crippen LogP contribution in [-0.4, -0.2) is 20.1 Å². The number of phenolic OH excluding ortho intramolecular Hbond substituents is 1. The van der Waals surface area contributed by atoms with E-state index in [0.29, 0.717) is 6.54 Å². The maximum Gasteiger partial charge on any atom is 0.123 e. The zero-order valence-corrected chi connectivity index (χ0v) is 12.7. The molecule has 0 aliphatic carbocycles. The lowest BCUT2D eigenvalue weighted by Gasteiger charge is -2.11. The Hall–Kier alpha value is -2.40. The molecule has 3 N–H and O–H groups in total. The molecule has 114 valence electrons. The molecule has 0 bridgehead atoms. The quantitative estimate of drug-likeness (QED) is 0.759. The minimum atomic E-state index is 0.272. The van der Waals surface area contributed by atoms with Gasteiger partial charge in [0.2, 0.25) is 0 Å². The van der Waals surface area contributed by atoms with Gasteiger partial charge in [0.1, 0.15) is 5.75 Å². The van der Waals surface area contributed by atoms with Gasteiger partial charge in [0.05, 0.1) is 17.1 Å². The maximum absolute atomic E-state index is 10.0. The molecule has 5 nitrogen and oxygen atoms in total. The highest BCUT2D eigenvalue weighted by atomic mass is 16.3. The molecule has 5 heteroatoms. The number of rotatable bonds is 5. The number of nitrogens with two attached hydrogens (primary N) is 1. The van der Waals surface area contributed by atoms with Crippen molar-refractivity contribution in [2.24, 2.45) is 5.73 Å². The summed E-state index contributed by atoms with van der Waals surface area (Å²) in [6.45, 7) is 2.54. The van der Waals surface area contributed by atoms with E-state index in [4.69, 9.17) is 5.73 Å². The summed E-state index contributed by atoms with van der Waals surface area (Å²) >= 11 is 0. The van der Waals surface area contributed by atoms with Crippen molar-refractivity contribution >= 4 is 10.8 Å². The van der Waals surface area contributed by atoms with Gasteiger partial charge in [-0.15, -0.1) is 5.10 Å². The minimum Gasteiger partial charge on any atom is -0.507 e. The number of hydrogen-bond donors (Lipinski definition) is 2. The normalized spacial score (nSPS) is 11.2. The van der Waals surface area contributed by atoms with Crippen LogP contribution in [0.2, 0.25) is 0 Å². The summed E-state index contributed by atoms with van der Waals surface area (Å²) in [7, 11) is 0. The van der Waals surface area contributed by atoms with E-state index in [-0.39, 0.29) is 5.75 Å².